The van der Waals surface area contributed by atoms with Crippen molar-refractivity contribution in [2.45, 2.75) is 20.4 Å². The average Bonchev–Trinajstić information content (AvgIpc) is 2.95. The fourth-order valence-electron chi connectivity index (χ4n) is 1.99. The first-order valence-electron chi connectivity index (χ1n) is 7.20. The summed E-state index contributed by atoms with van der Waals surface area (Å²) in [4.78, 5) is 13.6. The molecule has 0 atom stereocenters. The lowest BCUT2D eigenvalue weighted by molar-refractivity contribution is -0.122. The van der Waals surface area contributed by atoms with Crippen molar-refractivity contribution in [3.8, 4) is 11.5 Å². The van der Waals surface area contributed by atoms with Gasteiger partial charge in [-0.1, -0.05) is 30.7 Å². The Hall–Kier alpha value is -1.92. The lowest BCUT2D eigenvalue weighted by atomic mass is 10.2. The molecule has 0 saturated heterocycles. The highest BCUT2D eigenvalue weighted by Crippen LogP contribution is 2.26. The lowest BCUT2D eigenvalue weighted by Crippen LogP contribution is -2.36. The maximum atomic E-state index is 11.6. The SMILES string of the molecule is CCNC(=O)CN(CC)Cc1nnc(-c2ccccc2Cl)o1. The van der Waals surface area contributed by atoms with Gasteiger partial charge in [0.25, 0.3) is 0 Å². The van der Waals surface area contributed by atoms with Crippen LogP contribution in [0.5, 0.6) is 0 Å². The summed E-state index contributed by atoms with van der Waals surface area (Å²) in [6.07, 6.45) is 0. The number of carbonyl (C=O) groups excluding carboxylic acids is 1. The number of carbonyl (C=O) groups is 1. The molecule has 1 N–H and O–H groups in total. The third-order valence-corrected chi connectivity index (χ3v) is 3.45. The second-order valence-corrected chi connectivity index (χ2v) is 5.14. The van der Waals surface area contributed by atoms with Crippen molar-refractivity contribution in [2.24, 2.45) is 0 Å². The van der Waals surface area contributed by atoms with Crippen molar-refractivity contribution >= 4 is 17.5 Å². The van der Waals surface area contributed by atoms with Gasteiger partial charge < -0.3 is 9.73 Å². The number of nitrogens with zero attached hydrogens (tertiary/aromatic N) is 3. The van der Waals surface area contributed by atoms with E-state index in [4.69, 9.17) is 16.0 Å². The monoisotopic (exact) mass is 322 g/mol. The van der Waals surface area contributed by atoms with E-state index in [9.17, 15) is 4.79 Å². The summed E-state index contributed by atoms with van der Waals surface area (Å²) in [5.74, 6) is 0.825. The van der Waals surface area contributed by atoms with Crippen LogP contribution in [0.15, 0.2) is 28.7 Å². The maximum Gasteiger partial charge on any atom is 0.249 e. The van der Waals surface area contributed by atoms with E-state index in [-0.39, 0.29) is 5.91 Å². The number of aromatic nitrogens is 2. The Morgan fingerprint density at radius 1 is 1.32 bits per heavy atom. The molecule has 7 heteroatoms. The predicted octanol–water partition coefficient (Wildman–Crippen LogP) is 2.35. The quantitative estimate of drug-likeness (QED) is 0.847. The lowest BCUT2D eigenvalue weighted by Gasteiger charge is -2.17. The molecule has 118 valence electrons. The van der Waals surface area contributed by atoms with Crippen LogP contribution in [0, 0.1) is 0 Å². The van der Waals surface area contributed by atoms with Crippen molar-refractivity contribution in [1.29, 1.82) is 0 Å². The average molecular weight is 323 g/mol. The third kappa shape index (κ3) is 4.29. The Bertz CT molecular complexity index is 630. The Morgan fingerprint density at radius 3 is 2.77 bits per heavy atom. The molecule has 1 aromatic heterocycles. The van der Waals surface area contributed by atoms with Gasteiger partial charge in [-0.25, -0.2) is 0 Å². The number of halogens is 1. The third-order valence-electron chi connectivity index (χ3n) is 3.12. The summed E-state index contributed by atoms with van der Waals surface area (Å²) in [6.45, 7) is 5.92. The largest absolute Gasteiger partial charge is 0.419 e. The fraction of sp³-hybridized carbons (Fsp3) is 0.400. The van der Waals surface area contributed by atoms with Gasteiger partial charge in [-0.15, -0.1) is 10.2 Å². The van der Waals surface area contributed by atoms with Gasteiger partial charge >= 0.3 is 0 Å². The van der Waals surface area contributed by atoms with Gasteiger partial charge in [0.15, 0.2) is 0 Å². The molecule has 6 nitrogen and oxygen atoms in total. The zero-order valence-corrected chi connectivity index (χ0v) is 13.4. The van der Waals surface area contributed by atoms with E-state index in [1.54, 1.807) is 6.07 Å². The van der Waals surface area contributed by atoms with Crippen LogP contribution in [-0.4, -0.2) is 40.6 Å². The minimum absolute atomic E-state index is 0.0183. The second-order valence-electron chi connectivity index (χ2n) is 4.74. The van der Waals surface area contributed by atoms with Gasteiger partial charge in [-0.2, -0.15) is 0 Å². The van der Waals surface area contributed by atoms with Gasteiger partial charge in [0.05, 0.1) is 23.7 Å². The summed E-state index contributed by atoms with van der Waals surface area (Å²) in [5, 5.41) is 11.4. The molecule has 0 radical (unpaired) electrons. The van der Waals surface area contributed by atoms with Crippen molar-refractivity contribution in [2.75, 3.05) is 19.6 Å². The smallest absolute Gasteiger partial charge is 0.249 e. The second kappa shape index (κ2) is 7.91. The Kier molecular flexibility index (Phi) is 5.91. The molecule has 0 aliphatic rings. The normalized spacial score (nSPS) is 10.9. The first-order chi connectivity index (χ1) is 10.6. The van der Waals surface area contributed by atoms with E-state index >= 15 is 0 Å². The van der Waals surface area contributed by atoms with Crippen LogP contribution in [0.25, 0.3) is 11.5 Å². The van der Waals surface area contributed by atoms with E-state index in [0.29, 0.717) is 48.5 Å². The molecule has 2 rings (SSSR count). The minimum Gasteiger partial charge on any atom is -0.419 e. The number of rotatable bonds is 7. The molecule has 0 unspecified atom stereocenters. The number of benzene rings is 1. The van der Waals surface area contributed by atoms with Crippen molar-refractivity contribution in [3.05, 3.63) is 35.2 Å². The zero-order valence-electron chi connectivity index (χ0n) is 12.7. The van der Waals surface area contributed by atoms with Crippen LogP contribution in [0.3, 0.4) is 0 Å². The maximum absolute atomic E-state index is 11.6. The Morgan fingerprint density at radius 2 is 2.09 bits per heavy atom. The molecule has 1 amide bonds. The topological polar surface area (TPSA) is 71.3 Å². The standard InChI is InChI=1S/C15H19ClN4O2/c1-3-17-13(21)9-20(4-2)10-14-18-19-15(22-14)11-7-5-6-8-12(11)16/h5-8H,3-4,9-10H2,1-2H3,(H,17,21). The highest BCUT2D eigenvalue weighted by Gasteiger charge is 2.15. The summed E-state index contributed by atoms with van der Waals surface area (Å²) < 4.78 is 5.64. The van der Waals surface area contributed by atoms with Crippen LogP contribution in [0.2, 0.25) is 5.02 Å². The van der Waals surface area contributed by atoms with Crippen molar-refractivity contribution in [3.63, 3.8) is 0 Å². The van der Waals surface area contributed by atoms with E-state index in [2.05, 4.69) is 15.5 Å². The van der Waals surface area contributed by atoms with E-state index in [0.717, 1.165) is 0 Å². The van der Waals surface area contributed by atoms with Crippen LogP contribution < -0.4 is 5.32 Å². The molecule has 0 bridgehead atoms. The van der Waals surface area contributed by atoms with E-state index < -0.39 is 0 Å². The van der Waals surface area contributed by atoms with Crippen LogP contribution >= 0.6 is 11.6 Å². The molecule has 1 aromatic carbocycles. The summed E-state index contributed by atoms with van der Waals surface area (Å²) in [6, 6.07) is 7.30. The molecule has 0 saturated carbocycles. The van der Waals surface area contributed by atoms with Gasteiger partial charge in [0, 0.05) is 6.54 Å². The number of likely N-dealkylation sites (N-methyl/N-ethyl adjacent to an activating group) is 2. The van der Waals surface area contributed by atoms with Gasteiger partial charge in [0.1, 0.15) is 0 Å². The summed E-state index contributed by atoms with van der Waals surface area (Å²) in [7, 11) is 0. The number of hydrogen-bond acceptors (Lipinski definition) is 5. The fourth-order valence-corrected chi connectivity index (χ4v) is 2.20. The molecule has 0 spiro atoms. The number of hydrogen-bond donors (Lipinski definition) is 1. The van der Waals surface area contributed by atoms with Crippen LogP contribution in [0.1, 0.15) is 19.7 Å². The molecule has 2 aromatic rings. The molecule has 22 heavy (non-hydrogen) atoms. The predicted molar refractivity (Wildman–Crippen MR) is 84.4 cm³/mol. The molecular formula is C15H19ClN4O2. The van der Waals surface area contributed by atoms with Gasteiger partial charge in [-0.3, -0.25) is 9.69 Å². The first-order valence-corrected chi connectivity index (χ1v) is 7.58. The van der Waals surface area contributed by atoms with Crippen molar-refractivity contribution < 1.29 is 9.21 Å². The van der Waals surface area contributed by atoms with E-state index in [1.807, 2.05) is 36.9 Å². The molecule has 0 fully saturated rings. The summed E-state index contributed by atoms with van der Waals surface area (Å²) >= 11 is 6.11. The Balaban J connectivity index is 2.05. The Labute approximate surface area is 134 Å². The molecule has 0 aliphatic heterocycles. The molecular weight excluding hydrogens is 304 g/mol. The van der Waals surface area contributed by atoms with Gasteiger partial charge in [0.2, 0.25) is 17.7 Å². The zero-order chi connectivity index (χ0) is 15.9. The van der Waals surface area contributed by atoms with E-state index in [1.165, 1.54) is 0 Å². The van der Waals surface area contributed by atoms with Gasteiger partial charge in [-0.05, 0) is 25.6 Å². The highest BCUT2D eigenvalue weighted by molar-refractivity contribution is 6.33. The number of amides is 1. The molecule has 0 aliphatic carbocycles. The van der Waals surface area contributed by atoms with Crippen LogP contribution in [0.4, 0.5) is 0 Å². The van der Waals surface area contributed by atoms with Crippen LogP contribution in [-0.2, 0) is 11.3 Å². The van der Waals surface area contributed by atoms with Crippen molar-refractivity contribution in [1.82, 2.24) is 20.4 Å². The minimum atomic E-state index is -0.0183. The molecule has 1 heterocycles. The highest BCUT2D eigenvalue weighted by atomic mass is 35.5. The number of nitrogens with one attached hydrogen (secondary N) is 1. The first kappa shape index (κ1) is 16.5. The summed E-state index contributed by atoms with van der Waals surface area (Å²) in [5.41, 5.74) is 0.703.